The normalized spacial score (nSPS) is 15.8. The molecule has 4 aromatic rings. The summed E-state index contributed by atoms with van der Waals surface area (Å²) in [5.74, 6) is 1.53. The third-order valence-electron chi connectivity index (χ3n) is 7.72. The van der Waals surface area contributed by atoms with Crippen LogP contribution >= 0.6 is 0 Å². The molecule has 0 aliphatic carbocycles. The van der Waals surface area contributed by atoms with Crippen molar-refractivity contribution in [2.24, 2.45) is 4.99 Å². The van der Waals surface area contributed by atoms with Crippen LogP contribution in [-0.2, 0) is 11.2 Å². The third kappa shape index (κ3) is 6.04. The number of aromatic nitrogens is 4. The van der Waals surface area contributed by atoms with E-state index in [0.717, 1.165) is 5.56 Å². The van der Waals surface area contributed by atoms with Gasteiger partial charge in [0, 0.05) is 62.3 Å². The Morgan fingerprint density at radius 3 is 2.31 bits per heavy atom. The van der Waals surface area contributed by atoms with Crippen molar-refractivity contribution in [2.45, 2.75) is 6.42 Å². The van der Waals surface area contributed by atoms with Crippen molar-refractivity contribution >= 4 is 35.0 Å². The van der Waals surface area contributed by atoms with E-state index >= 15 is 0 Å². The van der Waals surface area contributed by atoms with Gasteiger partial charge in [-0.3, -0.25) is 14.6 Å². The average molecular weight is 614 g/mol. The Kier molecular flexibility index (Phi) is 8.38. The van der Waals surface area contributed by atoms with E-state index in [1.807, 2.05) is 12.1 Å². The minimum atomic E-state index is -0.478. The fraction of sp³-hybridized carbons (Fsp3) is 0.290. The number of nitrogen functional groups attached to an aromatic ring is 1. The molecule has 0 spiro atoms. The second-order valence-electron chi connectivity index (χ2n) is 10.4. The molecule has 13 nitrogen and oxygen atoms in total. The van der Waals surface area contributed by atoms with E-state index in [1.165, 1.54) is 19.2 Å². The Labute approximate surface area is 259 Å². The van der Waals surface area contributed by atoms with Gasteiger partial charge in [0.1, 0.15) is 17.3 Å². The smallest absolute Gasteiger partial charge is 0.278 e. The molecule has 1 amide bonds. The molecule has 14 heteroatoms. The SMILES string of the molecule is COc1cc(Cc2cnc(/N=C3\C(=O)N(CN4CCN(c5ncccn5)CC4)c4ccc(F)cc43)nc2N)cc(OC)c1OC. The molecule has 6 rings (SSSR count). The number of nitrogens with zero attached hydrogens (tertiary/aromatic N) is 8. The van der Waals surface area contributed by atoms with Crippen molar-refractivity contribution < 1.29 is 23.4 Å². The molecule has 2 N–H and O–H groups in total. The number of ether oxygens (including phenoxy) is 3. The summed E-state index contributed by atoms with van der Waals surface area (Å²) in [4.78, 5) is 41.4. The second kappa shape index (κ2) is 12.7. The van der Waals surface area contributed by atoms with Gasteiger partial charge in [-0.2, -0.15) is 4.98 Å². The van der Waals surface area contributed by atoms with Crippen molar-refractivity contribution in [3.8, 4) is 17.2 Å². The van der Waals surface area contributed by atoms with Crippen LogP contribution in [0.3, 0.4) is 0 Å². The first-order valence-electron chi connectivity index (χ1n) is 14.2. The Balaban J connectivity index is 1.21. The van der Waals surface area contributed by atoms with Gasteiger partial charge in [-0.25, -0.2) is 24.3 Å². The highest BCUT2D eigenvalue weighted by Crippen LogP contribution is 2.39. The Bertz CT molecular complexity index is 1720. The molecule has 0 saturated carbocycles. The Morgan fingerprint density at radius 1 is 0.956 bits per heavy atom. The summed E-state index contributed by atoms with van der Waals surface area (Å²) in [5.41, 5.74) is 8.79. The zero-order chi connectivity index (χ0) is 31.5. The number of hydrogen-bond donors (Lipinski definition) is 1. The van der Waals surface area contributed by atoms with Gasteiger partial charge in [0.2, 0.25) is 11.7 Å². The summed E-state index contributed by atoms with van der Waals surface area (Å²) in [5, 5.41) is 0. The number of amides is 1. The summed E-state index contributed by atoms with van der Waals surface area (Å²) in [6, 6.07) is 9.65. The van der Waals surface area contributed by atoms with E-state index < -0.39 is 5.82 Å². The molecule has 45 heavy (non-hydrogen) atoms. The molecule has 2 aliphatic heterocycles. The van der Waals surface area contributed by atoms with Crippen LogP contribution in [0.4, 0.5) is 27.8 Å². The molecule has 0 bridgehead atoms. The minimum Gasteiger partial charge on any atom is -0.493 e. The molecule has 1 saturated heterocycles. The number of halogens is 1. The van der Waals surface area contributed by atoms with Crippen LogP contribution in [0.5, 0.6) is 17.2 Å². The number of carbonyl (C=O) groups is 1. The minimum absolute atomic E-state index is 0.00183. The molecule has 0 unspecified atom stereocenters. The highest BCUT2D eigenvalue weighted by Gasteiger charge is 2.36. The van der Waals surface area contributed by atoms with Gasteiger partial charge in [-0.1, -0.05) is 0 Å². The first kappa shape index (κ1) is 29.7. The Morgan fingerprint density at radius 2 is 1.67 bits per heavy atom. The number of methoxy groups -OCH3 is 3. The van der Waals surface area contributed by atoms with Gasteiger partial charge >= 0.3 is 0 Å². The van der Waals surface area contributed by atoms with E-state index in [9.17, 15) is 9.18 Å². The first-order chi connectivity index (χ1) is 21.9. The van der Waals surface area contributed by atoms with Crippen molar-refractivity contribution in [1.29, 1.82) is 0 Å². The summed E-state index contributed by atoms with van der Waals surface area (Å²) < 4.78 is 30.7. The van der Waals surface area contributed by atoms with Crippen molar-refractivity contribution in [3.05, 3.63) is 77.5 Å². The predicted molar refractivity (Wildman–Crippen MR) is 166 cm³/mol. The van der Waals surface area contributed by atoms with Gasteiger partial charge in [-0.05, 0) is 42.0 Å². The highest BCUT2D eigenvalue weighted by atomic mass is 19.1. The number of carbonyl (C=O) groups excluding carboxylic acids is 1. The van der Waals surface area contributed by atoms with Crippen molar-refractivity contribution in [2.75, 3.05) is 69.7 Å². The van der Waals surface area contributed by atoms with E-state index in [-0.39, 0.29) is 23.4 Å². The van der Waals surface area contributed by atoms with Crippen LogP contribution in [0, 0.1) is 5.82 Å². The van der Waals surface area contributed by atoms with Gasteiger partial charge in [0.05, 0.1) is 33.7 Å². The maximum absolute atomic E-state index is 14.4. The number of benzene rings is 2. The maximum atomic E-state index is 14.4. The first-order valence-corrected chi connectivity index (χ1v) is 14.2. The highest BCUT2D eigenvalue weighted by molar-refractivity contribution is 6.54. The van der Waals surface area contributed by atoms with Crippen LogP contribution in [0.2, 0.25) is 0 Å². The summed E-state index contributed by atoms with van der Waals surface area (Å²) >= 11 is 0. The lowest BCUT2D eigenvalue weighted by Crippen LogP contribution is -2.51. The van der Waals surface area contributed by atoms with Crippen LogP contribution in [0.15, 0.2) is 60.0 Å². The van der Waals surface area contributed by atoms with Crippen LogP contribution in [0.25, 0.3) is 0 Å². The zero-order valence-electron chi connectivity index (χ0n) is 25.1. The molecule has 1 fully saturated rings. The van der Waals surface area contributed by atoms with Gasteiger partial charge in [0.25, 0.3) is 11.9 Å². The third-order valence-corrected chi connectivity index (χ3v) is 7.72. The molecule has 2 aromatic carbocycles. The predicted octanol–water partition coefficient (Wildman–Crippen LogP) is 2.85. The molecule has 2 aliphatic rings. The quantitative estimate of drug-likeness (QED) is 0.298. The largest absolute Gasteiger partial charge is 0.493 e. The van der Waals surface area contributed by atoms with E-state index in [1.54, 1.807) is 49.8 Å². The summed E-state index contributed by atoms with van der Waals surface area (Å²) in [6.45, 7) is 3.12. The molecule has 2 aromatic heterocycles. The number of aliphatic imine (C=N–C) groups is 1. The number of hydrogen-bond acceptors (Lipinski definition) is 12. The molecular formula is C31H32FN9O4. The molecule has 232 valence electrons. The Hall–Kier alpha value is -5.37. The van der Waals surface area contributed by atoms with Crippen LogP contribution in [-0.4, -0.2) is 90.6 Å². The van der Waals surface area contributed by atoms with Crippen molar-refractivity contribution in [3.63, 3.8) is 0 Å². The van der Waals surface area contributed by atoms with Crippen LogP contribution in [0.1, 0.15) is 16.7 Å². The van der Waals surface area contributed by atoms with E-state index in [4.69, 9.17) is 19.9 Å². The molecule has 0 atom stereocenters. The topological polar surface area (TPSA) is 144 Å². The van der Waals surface area contributed by atoms with Crippen LogP contribution < -0.4 is 29.7 Å². The lowest BCUT2D eigenvalue weighted by Gasteiger charge is -2.36. The summed E-state index contributed by atoms with van der Waals surface area (Å²) in [6.07, 6.45) is 5.37. The van der Waals surface area contributed by atoms with Crippen molar-refractivity contribution in [1.82, 2.24) is 24.8 Å². The monoisotopic (exact) mass is 613 g/mol. The maximum Gasteiger partial charge on any atom is 0.278 e. The zero-order valence-corrected chi connectivity index (χ0v) is 25.1. The van der Waals surface area contributed by atoms with Gasteiger partial charge in [0.15, 0.2) is 11.5 Å². The molecule has 4 heterocycles. The standard InChI is InChI=1S/C31H32FN9O4/c1-43-24-14-19(15-25(44-2)27(24)45-3)13-20-17-36-30(38-28(20)33)37-26-22-16-21(32)5-6-23(22)41(29(26)42)18-39-9-11-40(12-10-39)31-34-7-4-8-35-31/h4-8,14-17H,9-13,18H2,1-3H3,(H2,33,36,38)/b37-26-. The van der Waals surface area contributed by atoms with E-state index in [0.29, 0.717) is 79.3 Å². The fourth-order valence-electron chi connectivity index (χ4n) is 5.44. The lowest BCUT2D eigenvalue weighted by molar-refractivity contribution is -0.112. The number of nitrogens with two attached hydrogens (primary N) is 1. The van der Waals surface area contributed by atoms with E-state index in [2.05, 4.69) is 34.7 Å². The van der Waals surface area contributed by atoms with Gasteiger partial charge < -0.3 is 24.8 Å². The molecule has 0 radical (unpaired) electrons. The second-order valence-corrected chi connectivity index (χ2v) is 10.4. The number of fused-ring (bicyclic) bond motifs is 1. The fourth-order valence-corrected chi connectivity index (χ4v) is 5.44. The average Bonchev–Trinajstić information content (AvgIpc) is 3.31. The summed E-state index contributed by atoms with van der Waals surface area (Å²) in [7, 11) is 4.63. The number of piperazine rings is 1. The molecular weight excluding hydrogens is 581 g/mol. The number of anilines is 3. The number of rotatable bonds is 9. The van der Waals surface area contributed by atoms with Gasteiger partial charge in [-0.15, -0.1) is 0 Å². The lowest BCUT2D eigenvalue weighted by atomic mass is 10.1.